The van der Waals surface area contributed by atoms with Crippen molar-refractivity contribution in [2.24, 2.45) is 0 Å². The maximum absolute atomic E-state index is 9.23. The van der Waals surface area contributed by atoms with Gasteiger partial charge in [-0.25, -0.2) is 0 Å². The number of pyridine rings is 1. The molecule has 0 unspecified atom stereocenters. The van der Waals surface area contributed by atoms with E-state index in [0.717, 1.165) is 5.56 Å². The highest BCUT2D eigenvalue weighted by Gasteiger charge is 2.14. The minimum absolute atomic E-state index is 0.121. The summed E-state index contributed by atoms with van der Waals surface area (Å²) in [6, 6.07) is 15.9. The molecule has 1 aromatic heterocycles. The minimum atomic E-state index is -0.339. The van der Waals surface area contributed by atoms with Gasteiger partial charge in [-0.1, -0.05) is 36.4 Å². The zero-order valence-electron chi connectivity index (χ0n) is 10.2. The smallest absolute Gasteiger partial charge is 0.123 e. The van der Waals surface area contributed by atoms with Crippen molar-refractivity contribution in [1.82, 2.24) is 10.3 Å². The van der Waals surface area contributed by atoms with Crippen LogP contribution in [0.4, 0.5) is 0 Å². The molecule has 3 heteroatoms. The molecule has 0 saturated heterocycles. The standard InChI is InChI=1S/C15H15N3/c1-12(13-6-3-2-4-7-13)18-15(10-16)14-8-5-9-17-11-14/h2-9,11-12,15,18H,1H3/t12-,15+/m1/s1. The van der Waals surface area contributed by atoms with Gasteiger partial charge in [-0.15, -0.1) is 0 Å². The van der Waals surface area contributed by atoms with Gasteiger partial charge in [-0.2, -0.15) is 5.26 Å². The molecule has 0 spiro atoms. The highest BCUT2D eigenvalue weighted by molar-refractivity contribution is 5.23. The summed E-state index contributed by atoms with van der Waals surface area (Å²) in [4.78, 5) is 4.04. The lowest BCUT2D eigenvalue weighted by Crippen LogP contribution is -2.23. The number of hydrogen-bond donors (Lipinski definition) is 1. The number of benzene rings is 1. The van der Waals surface area contributed by atoms with Gasteiger partial charge < -0.3 is 0 Å². The number of rotatable bonds is 4. The van der Waals surface area contributed by atoms with Crippen LogP contribution in [-0.2, 0) is 0 Å². The molecule has 0 fully saturated rings. The molecule has 0 amide bonds. The lowest BCUT2D eigenvalue weighted by Gasteiger charge is -2.18. The number of nitriles is 1. The van der Waals surface area contributed by atoms with E-state index in [1.54, 1.807) is 12.4 Å². The van der Waals surface area contributed by atoms with E-state index >= 15 is 0 Å². The Bertz CT molecular complexity index is 516. The number of nitrogens with one attached hydrogen (secondary N) is 1. The van der Waals surface area contributed by atoms with Crippen LogP contribution in [-0.4, -0.2) is 4.98 Å². The van der Waals surface area contributed by atoms with Crippen LogP contribution in [0.1, 0.15) is 30.1 Å². The average Bonchev–Trinajstić information content (AvgIpc) is 2.46. The number of aromatic nitrogens is 1. The fourth-order valence-corrected chi connectivity index (χ4v) is 1.84. The zero-order valence-corrected chi connectivity index (χ0v) is 10.2. The van der Waals surface area contributed by atoms with Crippen LogP contribution in [0.5, 0.6) is 0 Å². The lowest BCUT2D eigenvalue weighted by atomic mass is 10.1. The summed E-state index contributed by atoms with van der Waals surface area (Å²) in [5, 5.41) is 12.5. The van der Waals surface area contributed by atoms with E-state index in [0.29, 0.717) is 0 Å². The second kappa shape index (κ2) is 5.95. The summed E-state index contributed by atoms with van der Waals surface area (Å²) < 4.78 is 0. The van der Waals surface area contributed by atoms with Gasteiger partial charge in [-0.05, 0) is 18.6 Å². The third-order valence-corrected chi connectivity index (χ3v) is 2.86. The molecule has 1 heterocycles. The molecule has 2 atom stereocenters. The van der Waals surface area contributed by atoms with Gasteiger partial charge in [0, 0.05) is 24.0 Å². The molecule has 0 aliphatic rings. The van der Waals surface area contributed by atoms with Crippen molar-refractivity contribution >= 4 is 0 Å². The third kappa shape index (κ3) is 2.93. The quantitative estimate of drug-likeness (QED) is 0.889. The maximum Gasteiger partial charge on any atom is 0.123 e. The summed E-state index contributed by atoms with van der Waals surface area (Å²) in [5.74, 6) is 0. The van der Waals surface area contributed by atoms with E-state index in [1.807, 2.05) is 30.3 Å². The van der Waals surface area contributed by atoms with Gasteiger partial charge in [0.15, 0.2) is 0 Å². The second-order valence-corrected chi connectivity index (χ2v) is 4.15. The fraction of sp³-hybridized carbons (Fsp3) is 0.200. The van der Waals surface area contributed by atoms with Crippen molar-refractivity contribution in [2.45, 2.75) is 19.0 Å². The van der Waals surface area contributed by atoms with Gasteiger partial charge in [0.2, 0.25) is 0 Å². The Balaban J connectivity index is 2.11. The molecule has 1 aromatic carbocycles. The normalized spacial score (nSPS) is 13.6. The molecule has 1 N–H and O–H groups in total. The Hall–Kier alpha value is -2.18. The second-order valence-electron chi connectivity index (χ2n) is 4.15. The zero-order chi connectivity index (χ0) is 12.8. The topological polar surface area (TPSA) is 48.7 Å². The van der Waals surface area contributed by atoms with E-state index in [4.69, 9.17) is 0 Å². The van der Waals surface area contributed by atoms with E-state index < -0.39 is 0 Å². The molecule has 2 aromatic rings. The predicted octanol–water partition coefficient (Wildman–Crippen LogP) is 3.00. The van der Waals surface area contributed by atoms with Crippen LogP contribution in [0.15, 0.2) is 54.9 Å². The van der Waals surface area contributed by atoms with Crippen molar-refractivity contribution in [3.05, 3.63) is 66.0 Å². The van der Waals surface area contributed by atoms with Crippen LogP contribution < -0.4 is 5.32 Å². The average molecular weight is 237 g/mol. The SMILES string of the molecule is C[C@@H](N[C@@H](C#N)c1cccnc1)c1ccccc1. The third-order valence-electron chi connectivity index (χ3n) is 2.86. The molecule has 0 radical (unpaired) electrons. The van der Waals surface area contributed by atoms with Gasteiger partial charge in [-0.3, -0.25) is 10.3 Å². The molecule has 0 saturated carbocycles. The molecule has 2 rings (SSSR count). The van der Waals surface area contributed by atoms with Crippen molar-refractivity contribution in [2.75, 3.05) is 0 Å². The Morgan fingerprint density at radius 2 is 1.83 bits per heavy atom. The summed E-state index contributed by atoms with van der Waals surface area (Å²) in [6.45, 7) is 2.05. The number of nitrogens with zero attached hydrogens (tertiary/aromatic N) is 2. The van der Waals surface area contributed by atoms with E-state index in [9.17, 15) is 5.26 Å². The first kappa shape index (κ1) is 12.3. The van der Waals surface area contributed by atoms with Crippen molar-refractivity contribution in [3.8, 4) is 6.07 Å². The predicted molar refractivity (Wildman–Crippen MR) is 70.6 cm³/mol. The van der Waals surface area contributed by atoms with Crippen LogP contribution in [0, 0.1) is 11.3 Å². The van der Waals surface area contributed by atoms with Gasteiger partial charge in [0.1, 0.15) is 6.04 Å². The Kier molecular flexibility index (Phi) is 4.06. The molecular weight excluding hydrogens is 222 g/mol. The summed E-state index contributed by atoms with van der Waals surface area (Å²) >= 11 is 0. The van der Waals surface area contributed by atoms with E-state index in [2.05, 4.69) is 35.4 Å². The van der Waals surface area contributed by atoms with Crippen LogP contribution in [0.3, 0.4) is 0 Å². The Morgan fingerprint density at radius 1 is 1.11 bits per heavy atom. The molecular formula is C15H15N3. The molecule has 0 bridgehead atoms. The minimum Gasteiger partial charge on any atom is -0.292 e. The van der Waals surface area contributed by atoms with Crippen molar-refractivity contribution in [1.29, 1.82) is 5.26 Å². The summed E-state index contributed by atoms with van der Waals surface area (Å²) in [6.07, 6.45) is 3.43. The van der Waals surface area contributed by atoms with Crippen LogP contribution in [0.25, 0.3) is 0 Å². The molecule has 90 valence electrons. The van der Waals surface area contributed by atoms with Crippen molar-refractivity contribution in [3.63, 3.8) is 0 Å². The van der Waals surface area contributed by atoms with Gasteiger partial charge >= 0.3 is 0 Å². The van der Waals surface area contributed by atoms with Gasteiger partial charge in [0.25, 0.3) is 0 Å². The summed E-state index contributed by atoms with van der Waals surface area (Å²) in [7, 11) is 0. The van der Waals surface area contributed by atoms with Crippen LogP contribution >= 0.6 is 0 Å². The fourth-order valence-electron chi connectivity index (χ4n) is 1.84. The lowest BCUT2D eigenvalue weighted by molar-refractivity contribution is 0.532. The molecule has 0 aliphatic heterocycles. The van der Waals surface area contributed by atoms with Crippen molar-refractivity contribution < 1.29 is 0 Å². The molecule has 18 heavy (non-hydrogen) atoms. The first-order valence-electron chi connectivity index (χ1n) is 5.92. The molecule has 3 nitrogen and oxygen atoms in total. The number of hydrogen-bond acceptors (Lipinski definition) is 3. The molecule has 0 aliphatic carbocycles. The van der Waals surface area contributed by atoms with Gasteiger partial charge in [0.05, 0.1) is 6.07 Å². The largest absolute Gasteiger partial charge is 0.292 e. The monoisotopic (exact) mass is 237 g/mol. The Morgan fingerprint density at radius 3 is 2.44 bits per heavy atom. The Labute approximate surface area is 107 Å². The highest BCUT2D eigenvalue weighted by atomic mass is 14.9. The summed E-state index contributed by atoms with van der Waals surface area (Å²) in [5.41, 5.74) is 2.06. The highest BCUT2D eigenvalue weighted by Crippen LogP contribution is 2.18. The van der Waals surface area contributed by atoms with E-state index in [-0.39, 0.29) is 12.1 Å². The van der Waals surface area contributed by atoms with E-state index in [1.165, 1.54) is 5.56 Å². The first-order chi connectivity index (χ1) is 8.81. The maximum atomic E-state index is 9.23. The van der Waals surface area contributed by atoms with Crippen LogP contribution in [0.2, 0.25) is 0 Å². The first-order valence-corrected chi connectivity index (χ1v) is 5.92.